The molecule has 0 spiro atoms. The zero-order chi connectivity index (χ0) is 26.6. The first-order valence-corrected chi connectivity index (χ1v) is 11.1. The summed E-state index contributed by atoms with van der Waals surface area (Å²) in [5.41, 5.74) is 2.27. The molecule has 0 saturated carbocycles. The molecular formula is C24H20F5N7O. The topological polar surface area (TPSA) is 90.1 Å². The van der Waals surface area contributed by atoms with Crippen LogP contribution < -0.4 is 10.1 Å². The molecule has 0 unspecified atom stereocenters. The Balaban J connectivity index is 0.00000156. The molecule has 5 aromatic rings. The van der Waals surface area contributed by atoms with Crippen molar-refractivity contribution in [1.82, 2.24) is 29.8 Å². The second kappa shape index (κ2) is 10.7. The van der Waals surface area contributed by atoms with Crippen molar-refractivity contribution in [2.24, 2.45) is 0 Å². The molecule has 0 saturated heterocycles. The summed E-state index contributed by atoms with van der Waals surface area (Å²) in [7, 11) is 0. The largest absolute Gasteiger partial charge is 0.482 e. The van der Waals surface area contributed by atoms with Crippen molar-refractivity contribution < 1.29 is 26.7 Å². The van der Waals surface area contributed by atoms with Crippen LogP contribution in [0.3, 0.4) is 0 Å². The number of nitrogens with zero attached hydrogens (tertiary/aromatic N) is 6. The average molecular weight is 517 g/mol. The monoisotopic (exact) mass is 517 g/mol. The molecule has 0 atom stereocenters. The molecule has 0 radical (unpaired) electrons. The summed E-state index contributed by atoms with van der Waals surface area (Å²) in [6.07, 6.45) is -1.82. The summed E-state index contributed by atoms with van der Waals surface area (Å²) in [6, 6.07) is 9.30. The van der Waals surface area contributed by atoms with Crippen LogP contribution in [0.25, 0.3) is 27.9 Å². The van der Waals surface area contributed by atoms with E-state index in [4.69, 9.17) is 4.74 Å². The minimum Gasteiger partial charge on any atom is -0.482 e. The predicted octanol–water partition coefficient (Wildman–Crippen LogP) is 5.59. The van der Waals surface area contributed by atoms with Gasteiger partial charge < -0.3 is 10.1 Å². The van der Waals surface area contributed by atoms with Crippen molar-refractivity contribution in [3.05, 3.63) is 72.3 Å². The van der Waals surface area contributed by atoms with Crippen molar-refractivity contribution >= 4 is 22.4 Å². The molecule has 192 valence electrons. The van der Waals surface area contributed by atoms with Crippen LogP contribution in [0.5, 0.6) is 5.75 Å². The third-order valence-corrected chi connectivity index (χ3v) is 4.88. The molecule has 4 heterocycles. The summed E-state index contributed by atoms with van der Waals surface area (Å²) in [6.45, 7) is 2.71. The lowest BCUT2D eigenvalue weighted by Crippen LogP contribution is -2.19. The quantitative estimate of drug-likeness (QED) is 0.294. The summed E-state index contributed by atoms with van der Waals surface area (Å²) in [5.74, 6) is -1.12. The maximum Gasteiger partial charge on any atom is 0.422 e. The fourth-order valence-corrected chi connectivity index (χ4v) is 3.37. The van der Waals surface area contributed by atoms with Crippen LogP contribution >= 0.6 is 0 Å². The van der Waals surface area contributed by atoms with Gasteiger partial charge in [0, 0.05) is 23.9 Å². The molecule has 0 aliphatic heterocycles. The Morgan fingerprint density at radius 3 is 2.43 bits per heavy atom. The Kier molecular flexibility index (Phi) is 7.41. The molecule has 4 aromatic heterocycles. The number of anilines is 1. The van der Waals surface area contributed by atoms with E-state index in [9.17, 15) is 22.0 Å². The molecule has 0 fully saturated rings. The van der Waals surface area contributed by atoms with Crippen molar-refractivity contribution in [3.63, 3.8) is 0 Å². The molecule has 37 heavy (non-hydrogen) atoms. The Bertz CT molecular complexity index is 1520. The van der Waals surface area contributed by atoms with Crippen LogP contribution in [0.1, 0.15) is 19.7 Å². The number of rotatable bonds is 6. The number of benzene rings is 1. The van der Waals surface area contributed by atoms with Crippen LogP contribution in [0.4, 0.5) is 27.6 Å². The first-order valence-electron chi connectivity index (χ1n) is 11.1. The first kappa shape index (κ1) is 25.7. The number of alkyl halides is 3. The van der Waals surface area contributed by atoms with Gasteiger partial charge in [0.15, 0.2) is 18.1 Å². The second-order valence-corrected chi connectivity index (χ2v) is 7.42. The summed E-state index contributed by atoms with van der Waals surface area (Å²) < 4.78 is 70.6. The molecule has 0 aliphatic carbocycles. The molecule has 13 heteroatoms. The van der Waals surface area contributed by atoms with Crippen LogP contribution in [0.15, 0.2) is 54.9 Å². The van der Waals surface area contributed by atoms with E-state index >= 15 is 0 Å². The predicted molar refractivity (Wildman–Crippen MR) is 126 cm³/mol. The van der Waals surface area contributed by atoms with Gasteiger partial charge in [0.05, 0.1) is 29.6 Å². The highest BCUT2D eigenvalue weighted by molar-refractivity contribution is 5.87. The molecule has 0 bridgehead atoms. The molecule has 0 aliphatic rings. The van der Waals surface area contributed by atoms with Gasteiger partial charge in [-0.1, -0.05) is 13.8 Å². The van der Waals surface area contributed by atoms with Crippen LogP contribution in [-0.2, 0) is 6.54 Å². The third-order valence-electron chi connectivity index (χ3n) is 4.88. The van der Waals surface area contributed by atoms with Gasteiger partial charge in [0.2, 0.25) is 0 Å². The van der Waals surface area contributed by atoms with E-state index in [0.29, 0.717) is 33.9 Å². The number of hydrogen-bond acceptors (Lipinski definition) is 7. The minimum atomic E-state index is -4.47. The number of fused-ring (bicyclic) bond motifs is 2. The zero-order valence-corrected chi connectivity index (χ0v) is 19.6. The Labute approximate surface area is 207 Å². The molecule has 1 aromatic carbocycles. The van der Waals surface area contributed by atoms with Crippen LogP contribution in [0, 0.1) is 11.6 Å². The highest BCUT2D eigenvalue weighted by Crippen LogP contribution is 2.25. The standard InChI is InChI=1S/C22H14F5N7O.C2H6/c23-13-5-12(6-14(24)7-13)16-1-2-19-31-32-20(34(19)33-16)10-29-17-3-4-28-18-8-15(9-30-21(17)18)35-11-22(25,26)27;1-2/h1-9H,10-11H2,(H,28,29);1-2H3. The molecule has 0 amide bonds. The first-order chi connectivity index (χ1) is 17.7. The van der Waals surface area contributed by atoms with Gasteiger partial charge in [0.25, 0.3) is 0 Å². The minimum absolute atomic E-state index is 0.0616. The van der Waals surface area contributed by atoms with E-state index in [1.165, 1.54) is 35.1 Å². The lowest BCUT2D eigenvalue weighted by molar-refractivity contribution is -0.153. The van der Waals surface area contributed by atoms with Gasteiger partial charge >= 0.3 is 6.18 Å². The molecule has 5 rings (SSSR count). The van der Waals surface area contributed by atoms with Crippen molar-refractivity contribution in [2.45, 2.75) is 26.6 Å². The van der Waals surface area contributed by atoms with E-state index in [2.05, 4.69) is 30.6 Å². The third kappa shape index (κ3) is 6.05. The lowest BCUT2D eigenvalue weighted by atomic mass is 10.1. The number of aromatic nitrogens is 6. The number of ether oxygens (including phenoxy) is 1. The Hall–Kier alpha value is -4.42. The van der Waals surface area contributed by atoms with E-state index < -0.39 is 24.4 Å². The van der Waals surface area contributed by atoms with E-state index in [1.807, 2.05) is 13.8 Å². The van der Waals surface area contributed by atoms with E-state index in [1.54, 1.807) is 18.2 Å². The Morgan fingerprint density at radius 2 is 1.70 bits per heavy atom. The van der Waals surface area contributed by atoms with Gasteiger partial charge in [-0.05, 0) is 30.3 Å². The summed E-state index contributed by atoms with van der Waals surface area (Å²) in [5, 5.41) is 15.7. The lowest BCUT2D eigenvalue weighted by Gasteiger charge is -2.11. The zero-order valence-electron chi connectivity index (χ0n) is 19.6. The molecule has 1 N–H and O–H groups in total. The Morgan fingerprint density at radius 1 is 0.946 bits per heavy atom. The van der Waals surface area contributed by atoms with Gasteiger partial charge in [-0.3, -0.25) is 4.98 Å². The highest BCUT2D eigenvalue weighted by atomic mass is 19.4. The van der Waals surface area contributed by atoms with Crippen LogP contribution in [-0.4, -0.2) is 42.6 Å². The average Bonchev–Trinajstić information content (AvgIpc) is 3.28. The number of pyridine rings is 2. The number of halogens is 5. The maximum atomic E-state index is 13.6. The highest BCUT2D eigenvalue weighted by Gasteiger charge is 2.28. The van der Waals surface area contributed by atoms with Crippen LogP contribution in [0.2, 0.25) is 0 Å². The van der Waals surface area contributed by atoms with Crippen molar-refractivity contribution in [1.29, 1.82) is 0 Å². The van der Waals surface area contributed by atoms with E-state index in [-0.39, 0.29) is 17.9 Å². The SMILES string of the molecule is CC.Fc1cc(F)cc(-c2ccc3nnc(CNc4ccnc5cc(OCC(F)(F)F)cnc45)n3n2)c1. The van der Waals surface area contributed by atoms with Gasteiger partial charge in [-0.15, -0.1) is 10.2 Å². The maximum absolute atomic E-state index is 13.6. The van der Waals surface area contributed by atoms with E-state index in [0.717, 1.165) is 6.07 Å². The number of hydrogen-bond donors (Lipinski definition) is 1. The molecular weight excluding hydrogens is 497 g/mol. The van der Waals surface area contributed by atoms with Gasteiger partial charge in [0.1, 0.15) is 22.9 Å². The van der Waals surface area contributed by atoms with Gasteiger partial charge in [-0.2, -0.15) is 22.8 Å². The van der Waals surface area contributed by atoms with Crippen molar-refractivity contribution in [2.75, 3.05) is 11.9 Å². The smallest absolute Gasteiger partial charge is 0.422 e. The fourth-order valence-electron chi connectivity index (χ4n) is 3.37. The fraction of sp³-hybridized carbons (Fsp3) is 0.208. The normalized spacial score (nSPS) is 11.3. The summed E-state index contributed by atoms with van der Waals surface area (Å²) >= 11 is 0. The van der Waals surface area contributed by atoms with Gasteiger partial charge in [-0.25, -0.2) is 13.8 Å². The van der Waals surface area contributed by atoms with Crippen molar-refractivity contribution in [3.8, 4) is 17.0 Å². The molecule has 8 nitrogen and oxygen atoms in total. The summed E-state index contributed by atoms with van der Waals surface area (Å²) in [4.78, 5) is 8.30. The number of nitrogens with one attached hydrogen (secondary N) is 1. The second-order valence-electron chi connectivity index (χ2n) is 7.42.